The van der Waals surface area contributed by atoms with Crippen LogP contribution in [0.25, 0.3) is 0 Å². The van der Waals surface area contributed by atoms with Gasteiger partial charge in [-0.1, -0.05) is 19.8 Å². The minimum Gasteiger partial charge on any atom is -0.300 e. The van der Waals surface area contributed by atoms with E-state index >= 15 is 0 Å². The first-order chi connectivity index (χ1) is 7.72. The van der Waals surface area contributed by atoms with Crippen LogP contribution in [0.1, 0.15) is 58.3 Å². The number of carbonyl (C=O) groups excluding carboxylic acids is 1. The fourth-order valence-electron chi connectivity index (χ4n) is 3.43. The Morgan fingerprint density at radius 3 is 2.38 bits per heavy atom. The summed E-state index contributed by atoms with van der Waals surface area (Å²) in [5.41, 5.74) is 0. The van der Waals surface area contributed by atoms with Gasteiger partial charge in [0.2, 0.25) is 0 Å². The first-order valence-corrected chi connectivity index (χ1v) is 6.97. The Morgan fingerprint density at radius 2 is 1.81 bits per heavy atom. The molecule has 2 rings (SSSR count). The van der Waals surface area contributed by atoms with Crippen LogP contribution in [0.15, 0.2) is 0 Å². The number of ketones is 1. The number of fused-ring (bicyclic) bond motifs is 2. The zero-order valence-electron chi connectivity index (χ0n) is 10.7. The number of rotatable bonds is 5. The van der Waals surface area contributed by atoms with E-state index in [1.165, 1.54) is 25.7 Å². The Bertz CT molecular complexity index is 237. The molecule has 16 heavy (non-hydrogen) atoms. The molecule has 2 unspecified atom stereocenters. The third-order valence-electron chi connectivity index (χ3n) is 4.58. The lowest BCUT2D eigenvalue weighted by Crippen LogP contribution is -2.42. The molecule has 0 aromatic heterocycles. The van der Waals surface area contributed by atoms with Crippen molar-refractivity contribution in [1.29, 1.82) is 0 Å². The Balaban J connectivity index is 1.81. The van der Waals surface area contributed by atoms with E-state index in [9.17, 15) is 4.79 Å². The minimum absolute atomic E-state index is 0.394. The van der Waals surface area contributed by atoms with Crippen LogP contribution in [0.5, 0.6) is 0 Å². The molecule has 0 spiro atoms. The fraction of sp³-hybridized carbons (Fsp3) is 0.929. The molecule has 92 valence electrons. The van der Waals surface area contributed by atoms with Gasteiger partial charge in [-0.2, -0.15) is 0 Å². The molecular weight excluding hydrogens is 198 g/mol. The molecule has 0 aromatic rings. The van der Waals surface area contributed by atoms with E-state index in [1.54, 1.807) is 0 Å². The SMILES string of the molecule is CCCCCC(=O)C1CC2CCC(C1)N2C. The van der Waals surface area contributed by atoms with Crippen molar-refractivity contribution in [2.24, 2.45) is 5.92 Å². The maximum absolute atomic E-state index is 12.1. The van der Waals surface area contributed by atoms with Crippen LogP contribution >= 0.6 is 0 Å². The summed E-state index contributed by atoms with van der Waals surface area (Å²) in [6, 6.07) is 1.41. The molecule has 2 bridgehead atoms. The molecule has 2 heterocycles. The van der Waals surface area contributed by atoms with E-state index < -0.39 is 0 Å². The Hall–Kier alpha value is -0.370. The second-order valence-corrected chi connectivity index (χ2v) is 5.64. The van der Waals surface area contributed by atoms with Gasteiger partial charge in [0.25, 0.3) is 0 Å². The number of nitrogens with zero attached hydrogens (tertiary/aromatic N) is 1. The Labute approximate surface area is 99.4 Å². The van der Waals surface area contributed by atoms with E-state index in [-0.39, 0.29) is 0 Å². The number of hydrogen-bond acceptors (Lipinski definition) is 2. The highest BCUT2D eigenvalue weighted by Crippen LogP contribution is 2.38. The third kappa shape index (κ3) is 2.48. The highest BCUT2D eigenvalue weighted by atomic mass is 16.1. The average molecular weight is 223 g/mol. The van der Waals surface area contributed by atoms with Crippen molar-refractivity contribution in [3.8, 4) is 0 Å². The molecule has 2 saturated heterocycles. The number of piperidine rings is 1. The molecular formula is C14H25NO. The van der Waals surface area contributed by atoms with Crippen molar-refractivity contribution in [2.75, 3.05) is 7.05 Å². The van der Waals surface area contributed by atoms with Crippen molar-refractivity contribution in [2.45, 2.75) is 70.4 Å². The summed E-state index contributed by atoms with van der Waals surface area (Å²) in [4.78, 5) is 14.6. The lowest BCUT2D eigenvalue weighted by Gasteiger charge is -2.35. The smallest absolute Gasteiger partial charge is 0.136 e. The normalized spacial score (nSPS) is 34.2. The quantitative estimate of drug-likeness (QED) is 0.668. The topological polar surface area (TPSA) is 20.3 Å². The van der Waals surface area contributed by atoms with E-state index in [1.807, 2.05) is 0 Å². The maximum atomic E-state index is 12.1. The third-order valence-corrected chi connectivity index (χ3v) is 4.58. The van der Waals surface area contributed by atoms with E-state index in [2.05, 4.69) is 18.9 Å². The van der Waals surface area contributed by atoms with Crippen molar-refractivity contribution in [1.82, 2.24) is 4.90 Å². The molecule has 0 amide bonds. The fourth-order valence-corrected chi connectivity index (χ4v) is 3.43. The Morgan fingerprint density at radius 1 is 1.19 bits per heavy atom. The van der Waals surface area contributed by atoms with Crippen molar-refractivity contribution >= 4 is 5.78 Å². The number of hydrogen-bond donors (Lipinski definition) is 0. The van der Waals surface area contributed by atoms with Crippen LogP contribution in [0.4, 0.5) is 0 Å². The van der Waals surface area contributed by atoms with Crippen molar-refractivity contribution in [3.63, 3.8) is 0 Å². The molecule has 2 aliphatic rings. The number of unbranched alkanes of at least 4 members (excludes halogenated alkanes) is 2. The molecule has 0 aromatic carbocycles. The maximum Gasteiger partial charge on any atom is 0.136 e. The van der Waals surface area contributed by atoms with Gasteiger partial charge >= 0.3 is 0 Å². The highest BCUT2D eigenvalue weighted by Gasteiger charge is 2.40. The lowest BCUT2D eigenvalue weighted by molar-refractivity contribution is -0.125. The van der Waals surface area contributed by atoms with E-state index in [4.69, 9.17) is 0 Å². The van der Waals surface area contributed by atoms with Gasteiger partial charge < -0.3 is 4.90 Å². The first-order valence-electron chi connectivity index (χ1n) is 6.97. The number of carbonyl (C=O) groups is 1. The van der Waals surface area contributed by atoms with Gasteiger partial charge in [0, 0.05) is 24.4 Å². The summed E-state index contributed by atoms with van der Waals surface area (Å²) in [7, 11) is 2.24. The second-order valence-electron chi connectivity index (χ2n) is 5.64. The summed E-state index contributed by atoms with van der Waals surface area (Å²) in [5, 5.41) is 0. The second kappa shape index (κ2) is 5.31. The number of Topliss-reactive ketones (excluding diaryl/α,β-unsaturated/α-hetero) is 1. The highest BCUT2D eigenvalue weighted by molar-refractivity contribution is 5.81. The molecule has 2 atom stereocenters. The molecule has 0 radical (unpaired) electrons. The molecule has 2 heteroatoms. The first kappa shape index (κ1) is 12.1. The van der Waals surface area contributed by atoms with Gasteiger partial charge in [-0.05, 0) is 39.2 Å². The molecule has 0 N–H and O–H groups in total. The monoisotopic (exact) mass is 223 g/mol. The van der Waals surface area contributed by atoms with Crippen LogP contribution in [0, 0.1) is 5.92 Å². The molecule has 0 saturated carbocycles. The van der Waals surface area contributed by atoms with E-state index in [0.29, 0.717) is 23.8 Å². The molecule has 0 aliphatic carbocycles. The van der Waals surface area contributed by atoms with Crippen molar-refractivity contribution < 1.29 is 4.79 Å². The predicted molar refractivity (Wildman–Crippen MR) is 66.4 cm³/mol. The largest absolute Gasteiger partial charge is 0.300 e. The summed E-state index contributed by atoms with van der Waals surface area (Å²) in [6.45, 7) is 2.19. The van der Waals surface area contributed by atoms with Gasteiger partial charge in [-0.15, -0.1) is 0 Å². The molecule has 2 nitrogen and oxygen atoms in total. The predicted octanol–water partition coefficient (Wildman–Crippen LogP) is 3.01. The summed E-state index contributed by atoms with van der Waals surface area (Å²) in [5.74, 6) is 0.948. The van der Waals surface area contributed by atoms with Gasteiger partial charge in [0.1, 0.15) is 5.78 Å². The van der Waals surface area contributed by atoms with Gasteiger partial charge in [0.15, 0.2) is 0 Å². The summed E-state index contributed by atoms with van der Waals surface area (Å²) >= 11 is 0. The lowest BCUT2D eigenvalue weighted by atomic mass is 9.86. The van der Waals surface area contributed by atoms with Crippen LogP contribution in [0.2, 0.25) is 0 Å². The molecule has 2 aliphatic heterocycles. The zero-order valence-corrected chi connectivity index (χ0v) is 10.7. The average Bonchev–Trinajstić information content (AvgIpc) is 2.53. The van der Waals surface area contributed by atoms with Gasteiger partial charge in [0.05, 0.1) is 0 Å². The van der Waals surface area contributed by atoms with Gasteiger partial charge in [-0.25, -0.2) is 0 Å². The standard InChI is InChI=1S/C14H25NO/c1-3-4-5-6-14(16)11-9-12-7-8-13(10-11)15(12)2/h11-13H,3-10H2,1-2H3. The van der Waals surface area contributed by atoms with E-state index in [0.717, 1.165) is 25.7 Å². The van der Waals surface area contributed by atoms with Gasteiger partial charge in [-0.3, -0.25) is 4.79 Å². The van der Waals surface area contributed by atoms with Crippen LogP contribution in [-0.2, 0) is 4.79 Å². The summed E-state index contributed by atoms with van der Waals surface area (Å²) < 4.78 is 0. The zero-order chi connectivity index (χ0) is 11.5. The molecule has 2 fully saturated rings. The van der Waals surface area contributed by atoms with Crippen LogP contribution in [0.3, 0.4) is 0 Å². The summed E-state index contributed by atoms with van der Waals surface area (Å²) in [6.07, 6.45) is 9.28. The van der Waals surface area contributed by atoms with Crippen LogP contribution in [-0.4, -0.2) is 29.8 Å². The van der Waals surface area contributed by atoms with Crippen molar-refractivity contribution in [3.05, 3.63) is 0 Å². The van der Waals surface area contributed by atoms with Crippen LogP contribution < -0.4 is 0 Å². The minimum atomic E-state index is 0.394. The Kier molecular flexibility index (Phi) is 4.01.